The molecule has 0 spiro atoms. The topological polar surface area (TPSA) is 70.1 Å². The maximum absolute atomic E-state index is 9.10. The minimum atomic E-state index is -0.143. The van der Waals surface area contributed by atoms with Gasteiger partial charge in [0.05, 0.1) is 11.9 Å². The van der Waals surface area contributed by atoms with Gasteiger partial charge in [-0.2, -0.15) is 0 Å². The minimum absolute atomic E-state index is 0.143. The van der Waals surface area contributed by atoms with E-state index in [0.29, 0.717) is 0 Å². The molecule has 58 valence electrons. The Labute approximate surface area is 60.7 Å². The highest BCUT2D eigenvalue weighted by molar-refractivity contribution is 5.79. The molecule has 0 radical (unpaired) electrons. The van der Waals surface area contributed by atoms with Crippen LogP contribution in [0.5, 0.6) is 0 Å². The average Bonchev–Trinajstić information content (AvgIpc) is 1.88. The fourth-order valence-corrected chi connectivity index (χ4v) is 1.39. The maximum Gasteiger partial charge on any atom is 0.0936 e. The van der Waals surface area contributed by atoms with Gasteiger partial charge in [-0.1, -0.05) is 0 Å². The van der Waals surface area contributed by atoms with Gasteiger partial charge >= 0.3 is 0 Å². The van der Waals surface area contributed by atoms with Crippen LogP contribution in [0.4, 0.5) is 0 Å². The van der Waals surface area contributed by atoms with Crippen molar-refractivity contribution in [1.29, 1.82) is 5.41 Å². The number of amidine groups is 1. The molecule has 0 unspecified atom stereocenters. The summed E-state index contributed by atoms with van der Waals surface area (Å²) >= 11 is 0. The average molecular weight is 142 g/mol. The summed E-state index contributed by atoms with van der Waals surface area (Å²) in [5.74, 6) is 0.523. The number of aliphatic hydroxyl groups excluding tert-OH is 1. The molecule has 0 saturated heterocycles. The fraction of sp³-hybridized carbons (Fsp3) is 0.857. The van der Waals surface area contributed by atoms with Crippen LogP contribution in [0.2, 0.25) is 0 Å². The smallest absolute Gasteiger partial charge is 0.0936 e. The predicted molar refractivity (Wildman–Crippen MR) is 39.9 cm³/mol. The highest BCUT2D eigenvalue weighted by Crippen LogP contribution is 2.23. The molecule has 1 aliphatic carbocycles. The molecule has 4 N–H and O–H groups in total. The molecule has 0 amide bonds. The van der Waals surface area contributed by atoms with Gasteiger partial charge in [0.15, 0.2) is 0 Å². The molecule has 0 atom stereocenters. The second kappa shape index (κ2) is 3.01. The first-order valence-electron chi connectivity index (χ1n) is 3.72. The van der Waals surface area contributed by atoms with Crippen molar-refractivity contribution >= 4 is 5.84 Å². The van der Waals surface area contributed by atoms with Crippen LogP contribution >= 0.6 is 0 Å². The molecule has 1 saturated carbocycles. The number of aliphatic hydroxyl groups is 1. The van der Waals surface area contributed by atoms with Crippen LogP contribution in [0, 0.1) is 11.3 Å². The third-order valence-corrected chi connectivity index (χ3v) is 2.14. The summed E-state index contributed by atoms with van der Waals surface area (Å²) in [7, 11) is 0. The van der Waals surface area contributed by atoms with Crippen molar-refractivity contribution in [1.82, 2.24) is 0 Å². The van der Waals surface area contributed by atoms with Crippen molar-refractivity contribution in [3.8, 4) is 0 Å². The van der Waals surface area contributed by atoms with Gasteiger partial charge in [0.1, 0.15) is 0 Å². The summed E-state index contributed by atoms with van der Waals surface area (Å²) in [5, 5.41) is 16.2. The van der Waals surface area contributed by atoms with E-state index < -0.39 is 0 Å². The van der Waals surface area contributed by atoms with E-state index in [1.165, 1.54) is 0 Å². The highest BCUT2D eigenvalue weighted by atomic mass is 16.3. The SMILES string of the molecule is N=C(N)C1CCC(O)CC1. The van der Waals surface area contributed by atoms with Crippen LogP contribution in [0.15, 0.2) is 0 Å². The molecule has 0 bridgehead atoms. The predicted octanol–water partition coefficient (Wildman–Crippen LogP) is 0.473. The van der Waals surface area contributed by atoms with Crippen LogP contribution in [0.1, 0.15) is 25.7 Å². The van der Waals surface area contributed by atoms with E-state index in [4.69, 9.17) is 16.2 Å². The van der Waals surface area contributed by atoms with Gasteiger partial charge in [0.2, 0.25) is 0 Å². The molecule has 0 aliphatic heterocycles. The molecule has 3 heteroatoms. The van der Waals surface area contributed by atoms with Crippen LogP contribution in [-0.2, 0) is 0 Å². The zero-order chi connectivity index (χ0) is 7.56. The second-order valence-corrected chi connectivity index (χ2v) is 2.96. The molecule has 1 fully saturated rings. The van der Waals surface area contributed by atoms with Gasteiger partial charge in [-0.15, -0.1) is 0 Å². The van der Waals surface area contributed by atoms with Crippen LogP contribution in [-0.4, -0.2) is 17.0 Å². The third kappa shape index (κ3) is 1.70. The number of nitrogens with one attached hydrogen (secondary N) is 1. The van der Waals surface area contributed by atoms with E-state index in [1.807, 2.05) is 0 Å². The summed E-state index contributed by atoms with van der Waals surface area (Å²) in [5.41, 5.74) is 5.31. The van der Waals surface area contributed by atoms with E-state index in [2.05, 4.69) is 0 Å². The van der Waals surface area contributed by atoms with E-state index in [-0.39, 0.29) is 17.9 Å². The van der Waals surface area contributed by atoms with Gasteiger partial charge in [-0.3, -0.25) is 5.41 Å². The summed E-state index contributed by atoms with van der Waals surface area (Å²) in [4.78, 5) is 0. The number of rotatable bonds is 1. The number of nitrogens with two attached hydrogens (primary N) is 1. The first kappa shape index (κ1) is 7.54. The lowest BCUT2D eigenvalue weighted by atomic mass is 9.87. The van der Waals surface area contributed by atoms with Gasteiger partial charge in [-0.25, -0.2) is 0 Å². The Hall–Kier alpha value is -0.570. The number of hydrogen-bond donors (Lipinski definition) is 3. The fourth-order valence-electron chi connectivity index (χ4n) is 1.39. The maximum atomic E-state index is 9.10. The van der Waals surface area contributed by atoms with Crippen molar-refractivity contribution in [2.45, 2.75) is 31.8 Å². The lowest BCUT2D eigenvalue weighted by Crippen LogP contribution is -2.28. The Morgan fingerprint density at radius 1 is 1.30 bits per heavy atom. The van der Waals surface area contributed by atoms with Crippen molar-refractivity contribution < 1.29 is 5.11 Å². The molecular formula is C7H14N2O. The molecule has 0 heterocycles. The molecule has 0 aromatic rings. The summed E-state index contributed by atoms with van der Waals surface area (Å²) in [6.45, 7) is 0. The van der Waals surface area contributed by atoms with Gasteiger partial charge in [0, 0.05) is 5.92 Å². The Morgan fingerprint density at radius 2 is 1.80 bits per heavy atom. The quantitative estimate of drug-likeness (QED) is 0.368. The normalized spacial score (nSPS) is 33.7. The van der Waals surface area contributed by atoms with Crippen molar-refractivity contribution in [2.24, 2.45) is 11.7 Å². The van der Waals surface area contributed by atoms with Gasteiger partial charge in [-0.05, 0) is 25.7 Å². The zero-order valence-electron chi connectivity index (χ0n) is 6.01. The molecule has 3 nitrogen and oxygen atoms in total. The summed E-state index contributed by atoms with van der Waals surface area (Å²) in [6, 6.07) is 0. The monoisotopic (exact) mass is 142 g/mol. The first-order chi connectivity index (χ1) is 4.70. The standard InChI is InChI=1S/C7H14N2O/c8-7(9)5-1-3-6(10)4-2-5/h5-6,10H,1-4H2,(H3,8,9). The first-order valence-corrected chi connectivity index (χ1v) is 3.72. The van der Waals surface area contributed by atoms with Crippen LogP contribution in [0.25, 0.3) is 0 Å². The van der Waals surface area contributed by atoms with E-state index in [1.54, 1.807) is 0 Å². The molecule has 10 heavy (non-hydrogen) atoms. The molecule has 1 aliphatic rings. The van der Waals surface area contributed by atoms with E-state index in [0.717, 1.165) is 25.7 Å². The van der Waals surface area contributed by atoms with Gasteiger partial charge < -0.3 is 10.8 Å². The molecule has 0 aromatic heterocycles. The zero-order valence-corrected chi connectivity index (χ0v) is 6.01. The Morgan fingerprint density at radius 3 is 2.20 bits per heavy atom. The van der Waals surface area contributed by atoms with Crippen molar-refractivity contribution in [2.75, 3.05) is 0 Å². The van der Waals surface area contributed by atoms with Crippen LogP contribution < -0.4 is 5.73 Å². The second-order valence-electron chi connectivity index (χ2n) is 2.96. The minimum Gasteiger partial charge on any atom is -0.393 e. The van der Waals surface area contributed by atoms with E-state index >= 15 is 0 Å². The summed E-state index contributed by atoms with van der Waals surface area (Å²) < 4.78 is 0. The van der Waals surface area contributed by atoms with E-state index in [9.17, 15) is 0 Å². The lowest BCUT2D eigenvalue weighted by Gasteiger charge is -2.23. The lowest BCUT2D eigenvalue weighted by molar-refractivity contribution is 0.120. The molecular weight excluding hydrogens is 128 g/mol. The summed E-state index contributed by atoms with van der Waals surface area (Å²) in [6.07, 6.45) is 3.25. The highest BCUT2D eigenvalue weighted by Gasteiger charge is 2.20. The Bertz CT molecular complexity index is 128. The molecule has 0 aromatic carbocycles. The van der Waals surface area contributed by atoms with Crippen molar-refractivity contribution in [3.05, 3.63) is 0 Å². The Kier molecular flexibility index (Phi) is 2.27. The third-order valence-electron chi connectivity index (χ3n) is 2.14. The van der Waals surface area contributed by atoms with Crippen molar-refractivity contribution in [3.63, 3.8) is 0 Å². The van der Waals surface area contributed by atoms with Gasteiger partial charge in [0.25, 0.3) is 0 Å². The molecule has 1 rings (SSSR count). The largest absolute Gasteiger partial charge is 0.393 e. The Balaban J connectivity index is 2.33. The van der Waals surface area contributed by atoms with Crippen LogP contribution in [0.3, 0.4) is 0 Å². The number of hydrogen-bond acceptors (Lipinski definition) is 2.